The van der Waals surface area contributed by atoms with E-state index in [1.165, 1.54) is 5.57 Å². The summed E-state index contributed by atoms with van der Waals surface area (Å²) in [6.45, 7) is 10.9. The van der Waals surface area contributed by atoms with Crippen molar-refractivity contribution in [3.8, 4) is 0 Å². The smallest absolute Gasteiger partial charge is 0.0791 e. The highest BCUT2D eigenvalue weighted by Gasteiger charge is 2.16. The predicted molar refractivity (Wildman–Crippen MR) is 63.4 cm³/mol. The summed E-state index contributed by atoms with van der Waals surface area (Å²) in [7, 11) is 0. The van der Waals surface area contributed by atoms with Crippen LogP contribution in [0.3, 0.4) is 0 Å². The van der Waals surface area contributed by atoms with Gasteiger partial charge < -0.3 is 5.11 Å². The molecule has 0 unspecified atom stereocenters. The van der Waals surface area contributed by atoms with Crippen molar-refractivity contribution in [1.82, 2.24) is 0 Å². The molecule has 0 saturated heterocycles. The zero-order chi connectivity index (χ0) is 11.2. The molecule has 1 heteroatoms. The highest BCUT2D eigenvalue weighted by Crippen LogP contribution is 2.30. The highest BCUT2D eigenvalue weighted by molar-refractivity contribution is 5.26. The van der Waals surface area contributed by atoms with Gasteiger partial charge in [-0.15, -0.1) is 0 Å². The molecule has 0 heterocycles. The minimum absolute atomic E-state index is 0.262. The molecule has 1 N–H and O–H groups in total. The molecule has 1 nitrogen and oxygen atoms in total. The van der Waals surface area contributed by atoms with E-state index in [4.69, 9.17) is 5.11 Å². The largest absolute Gasteiger partial charge is 0.516 e. The SMILES string of the molecule is CCC(C)(C)/C(C)=C/C(C)=C\C=C\O. The number of allylic oxidation sites excluding steroid dienone is 5. The van der Waals surface area contributed by atoms with Gasteiger partial charge in [-0.1, -0.05) is 44.1 Å². The molecule has 0 aliphatic rings. The molecular weight excluding hydrogens is 172 g/mol. The van der Waals surface area contributed by atoms with Crippen LogP contribution in [0, 0.1) is 5.41 Å². The molecule has 0 bridgehead atoms. The van der Waals surface area contributed by atoms with Gasteiger partial charge in [-0.25, -0.2) is 0 Å². The molecule has 0 aliphatic carbocycles. The lowest BCUT2D eigenvalue weighted by atomic mass is 9.82. The van der Waals surface area contributed by atoms with Crippen LogP contribution >= 0.6 is 0 Å². The van der Waals surface area contributed by atoms with E-state index in [0.29, 0.717) is 0 Å². The molecule has 14 heavy (non-hydrogen) atoms. The second kappa shape index (κ2) is 5.69. The van der Waals surface area contributed by atoms with Gasteiger partial charge in [-0.05, 0) is 31.8 Å². The summed E-state index contributed by atoms with van der Waals surface area (Å²) in [5.74, 6) is 0. The number of aliphatic hydroxyl groups is 1. The third kappa shape index (κ3) is 4.31. The minimum Gasteiger partial charge on any atom is -0.516 e. The normalized spacial score (nSPS) is 15.2. The quantitative estimate of drug-likeness (QED) is 0.520. The van der Waals surface area contributed by atoms with Gasteiger partial charge in [0.2, 0.25) is 0 Å². The molecule has 0 aromatic carbocycles. The number of aliphatic hydroxyl groups excluding tert-OH is 1. The van der Waals surface area contributed by atoms with Crippen LogP contribution in [0.2, 0.25) is 0 Å². The summed E-state index contributed by atoms with van der Waals surface area (Å²) in [6, 6.07) is 0. The Hall–Kier alpha value is -0.980. The zero-order valence-electron chi connectivity index (χ0n) is 9.96. The average Bonchev–Trinajstić information content (AvgIpc) is 2.14. The van der Waals surface area contributed by atoms with Gasteiger partial charge in [0.1, 0.15) is 0 Å². The molecular formula is C13H22O. The van der Waals surface area contributed by atoms with E-state index in [-0.39, 0.29) is 5.41 Å². The monoisotopic (exact) mass is 194 g/mol. The molecule has 0 fully saturated rings. The summed E-state index contributed by atoms with van der Waals surface area (Å²) in [4.78, 5) is 0. The van der Waals surface area contributed by atoms with Crippen molar-refractivity contribution in [3.63, 3.8) is 0 Å². The first kappa shape index (κ1) is 13.0. The van der Waals surface area contributed by atoms with E-state index in [2.05, 4.69) is 33.8 Å². The van der Waals surface area contributed by atoms with Gasteiger partial charge >= 0.3 is 0 Å². The molecule has 0 spiro atoms. The van der Waals surface area contributed by atoms with Crippen molar-refractivity contribution in [2.45, 2.75) is 41.0 Å². The van der Waals surface area contributed by atoms with Crippen LogP contribution in [0.15, 0.2) is 35.6 Å². The van der Waals surface area contributed by atoms with Gasteiger partial charge in [-0.3, -0.25) is 0 Å². The van der Waals surface area contributed by atoms with Crippen LogP contribution in [0.5, 0.6) is 0 Å². The molecule has 80 valence electrons. The molecule has 0 amide bonds. The third-order valence-electron chi connectivity index (χ3n) is 2.84. The van der Waals surface area contributed by atoms with Crippen molar-refractivity contribution in [2.24, 2.45) is 5.41 Å². The fourth-order valence-corrected chi connectivity index (χ4v) is 1.06. The third-order valence-corrected chi connectivity index (χ3v) is 2.84. The molecule has 0 saturated carbocycles. The van der Waals surface area contributed by atoms with E-state index in [9.17, 15) is 0 Å². The lowest BCUT2D eigenvalue weighted by molar-refractivity contribution is 0.429. The standard InChI is InChI=1S/C13H22O/c1-6-13(4,5)12(3)10-11(2)8-7-9-14/h7-10,14H,6H2,1-5H3/b9-7+,11-8-,12-10+. The Labute approximate surface area is 87.8 Å². The maximum Gasteiger partial charge on any atom is 0.0791 e. The fourth-order valence-electron chi connectivity index (χ4n) is 1.06. The van der Waals surface area contributed by atoms with Crippen LogP contribution in [0.4, 0.5) is 0 Å². The number of rotatable bonds is 4. The van der Waals surface area contributed by atoms with Gasteiger partial charge in [0, 0.05) is 0 Å². The van der Waals surface area contributed by atoms with E-state index >= 15 is 0 Å². The maximum atomic E-state index is 8.51. The van der Waals surface area contributed by atoms with Crippen LogP contribution in [-0.2, 0) is 0 Å². The first-order valence-electron chi connectivity index (χ1n) is 5.10. The van der Waals surface area contributed by atoms with Crippen LogP contribution in [-0.4, -0.2) is 5.11 Å². The van der Waals surface area contributed by atoms with E-state index < -0.39 is 0 Å². The van der Waals surface area contributed by atoms with Crippen molar-refractivity contribution in [3.05, 3.63) is 35.6 Å². The number of hydrogen-bond donors (Lipinski definition) is 1. The Bertz CT molecular complexity index is 254. The second-order valence-corrected chi connectivity index (χ2v) is 4.32. The molecule has 0 atom stereocenters. The Morgan fingerprint density at radius 2 is 1.86 bits per heavy atom. The second-order valence-electron chi connectivity index (χ2n) is 4.32. The Kier molecular flexibility index (Phi) is 5.29. The van der Waals surface area contributed by atoms with Crippen molar-refractivity contribution in [1.29, 1.82) is 0 Å². The summed E-state index contributed by atoms with van der Waals surface area (Å²) in [5.41, 5.74) is 2.80. The summed E-state index contributed by atoms with van der Waals surface area (Å²) in [6.07, 6.45) is 7.90. The van der Waals surface area contributed by atoms with Gasteiger partial charge in [0.25, 0.3) is 0 Å². The van der Waals surface area contributed by atoms with Crippen molar-refractivity contribution in [2.75, 3.05) is 0 Å². The summed E-state index contributed by atoms with van der Waals surface area (Å²) < 4.78 is 0. The van der Waals surface area contributed by atoms with Crippen LogP contribution in [0.1, 0.15) is 41.0 Å². The van der Waals surface area contributed by atoms with Gasteiger partial charge in [0.05, 0.1) is 6.26 Å². The van der Waals surface area contributed by atoms with Gasteiger partial charge in [-0.2, -0.15) is 0 Å². The van der Waals surface area contributed by atoms with Crippen molar-refractivity contribution >= 4 is 0 Å². The van der Waals surface area contributed by atoms with E-state index in [1.807, 2.05) is 13.0 Å². The van der Waals surface area contributed by atoms with Gasteiger partial charge in [0.15, 0.2) is 0 Å². The molecule has 0 aromatic rings. The molecule has 0 aromatic heterocycles. The van der Waals surface area contributed by atoms with E-state index in [0.717, 1.165) is 18.3 Å². The zero-order valence-corrected chi connectivity index (χ0v) is 9.96. The fraction of sp³-hybridized carbons (Fsp3) is 0.538. The molecule has 0 rings (SSSR count). The summed E-state index contributed by atoms with van der Waals surface area (Å²) in [5, 5.41) is 8.51. The highest BCUT2D eigenvalue weighted by atomic mass is 16.2. The number of hydrogen-bond acceptors (Lipinski definition) is 1. The first-order valence-corrected chi connectivity index (χ1v) is 5.10. The lowest BCUT2D eigenvalue weighted by Gasteiger charge is -2.24. The minimum atomic E-state index is 0.262. The Morgan fingerprint density at radius 1 is 1.29 bits per heavy atom. The Balaban J connectivity index is 4.67. The summed E-state index contributed by atoms with van der Waals surface area (Å²) >= 11 is 0. The lowest BCUT2D eigenvalue weighted by Crippen LogP contribution is -2.11. The average molecular weight is 194 g/mol. The van der Waals surface area contributed by atoms with Crippen LogP contribution in [0.25, 0.3) is 0 Å². The van der Waals surface area contributed by atoms with E-state index in [1.54, 1.807) is 6.08 Å². The molecule has 0 radical (unpaired) electrons. The molecule has 0 aliphatic heterocycles. The van der Waals surface area contributed by atoms with Crippen LogP contribution < -0.4 is 0 Å². The first-order chi connectivity index (χ1) is 6.44. The van der Waals surface area contributed by atoms with Crippen molar-refractivity contribution < 1.29 is 5.11 Å². The predicted octanol–water partition coefficient (Wildman–Crippen LogP) is 4.39. The topological polar surface area (TPSA) is 20.2 Å². The maximum absolute atomic E-state index is 8.51. The Morgan fingerprint density at radius 3 is 2.29 bits per heavy atom.